The van der Waals surface area contributed by atoms with Crippen LogP contribution in [-0.2, 0) is 9.53 Å². The van der Waals surface area contributed by atoms with E-state index in [1.807, 2.05) is 54.6 Å². The summed E-state index contributed by atoms with van der Waals surface area (Å²) in [5, 5.41) is 3.52. The third-order valence-corrected chi connectivity index (χ3v) is 6.15. The maximum absolute atomic E-state index is 12.4. The van der Waals surface area contributed by atoms with Gasteiger partial charge in [-0.3, -0.25) is 4.79 Å². The van der Waals surface area contributed by atoms with Gasteiger partial charge in [0.25, 0.3) is 5.91 Å². The molecule has 1 fully saturated rings. The Labute approximate surface area is 179 Å². The molecule has 1 aromatic heterocycles. The lowest BCUT2D eigenvalue weighted by Crippen LogP contribution is -2.21. The van der Waals surface area contributed by atoms with Crippen molar-refractivity contribution in [3.63, 3.8) is 0 Å². The van der Waals surface area contributed by atoms with E-state index in [0.717, 1.165) is 29.3 Å². The number of ether oxygens (including phenoxy) is 1. The Morgan fingerprint density at radius 1 is 1.07 bits per heavy atom. The van der Waals surface area contributed by atoms with Crippen LogP contribution in [0.25, 0.3) is 10.6 Å². The van der Waals surface area contributed by atoms with Crippen LogP contribution in [0.2, 0.25) is 0 Å². The first-order valence-electron chi connectivity index (χ1n) is 9.95. The summed E-state index contributed by atoms with van der Waals surface area (Å²) in [7, 11) is 0. The summed E-state index contributed by atoms with van der Waals surface area (Å²) in [6.45, 7) is 3.57. The minimum atomic E-state index is -0.535. The monoisotopic (exact) mass is 421 g/mol. The second kappa shape index (κ2) is 9.09. The largest absolute Gasteiger partial charge is 0.451 e. The smallest absolute Gasteiger partial charge is 0.350 e. The second-order valence-electron chi connectivity index (χ2n) is 7.16. The highest BCUT2D eigenvalue weighted by Crippen LogP contribution is 2.28. The maximum Gasteiger partial charge on any atom is 0.350 e. The predicted molar refractivity (Wildman–Crippen MR) is 119 cm³/mol. The minimum Gasteiger partial charge on any atom is -0.451 e. The molecule has 0 aliphatic carbocycles. The number of anilines is 2. The number of nitrogens with one attached hydrogen (secondary N) is 1. The zero-order chi connectivity index (χ0) is 20.9. The number of nitrogens with zero attached hydrogens (tertiary/aromatic N) is 2. The third kappa shape index (κ3) is 4.68. The molecule has 7 heteroatoms. The molecule has 0 unspecified atom stereocenters. The highest BCUT2D eigenvalue weighted by Gasteiger charge is 2.19. The van der Waals surface area contributed by atoms with Gasteiger partial charge in [-0.25, -0.2) is 9.78 Å². The van der Waals surface area contributed by atoms with E-state index in [1.165, 1.54) is 24.2 Å². The highest BCUT2D eigenvalue weighted by atomic mass is 32.1. The number of carbonyl (C=O) groups is 2. The van der Waals surface area contributed by atoms with E-state index in [9.17, 15) is 9.59 Å². The highest BCUT2D eigenvalue weighted by molar-refractivity contribution is 7.17. The standard InChI is InChI=1S/C23H23N3O3S/c1-16-21(30-22(24-16)17-7-3-2-4-8-17)23(28)29-15-20(27)25-18-9-11-19(12-10-18)26-13-5-6-14-26/h2-4,7-12H,5-6,13-15H2,1H3,(H,25,27). The lowest BCUT2D eigenvalue weighted by Gasteiger charge is -2.17. The molecule has 154 valence electrons. The van der Waals surface area contributed by atoms with Crippen LogP contribution in [0.1, 0.15) is 28.2 Å². The zero-order valence-electron chi connectivity index (χ0n) is 16.8. The van der Waals surface area contributed by atoms with Crippen molar-refractivity contribution in [2.45, 2.75) is 19.8 Å². The Balaban J connectivity index is 1.31. The van der Waals surface area contributed by atoms with E-state index in [4.69, 9.17) is 4.74 Å². The van der Waals surface area contributed by atoms with Gasteiger partial charge in [-0.15, -0.1) is 11.3 Å². The van der Waals surface area contributed by atoms with Crippen LogP contribution in [0.4, 0.5) is 11.4 Å². The summed E-state index contributed by atoms with van der Waals surface area (Å²) in [6.07, 6.45) is 2.44. The second-order valence-corrected chi connectivity index (χ2v) is 8.16. The zero-order valence-corrected chi connectivity index (χ0v) is 17.6. The molecule has 30 heavy (non-hydrogen) atoms. The molecular weight excluding hydrogens is 398 g/mol. The van der Waals surface area contributed by atoms with Crippen molar-refractivity contribution in [3.8, 4) is 10.6 Å². The number of hydrogen-bond acceptors (Lipinski definition) is 6. The first-order chi connectivity index (χ1) is 14.6. The Morgan fingerprint density at radius 3 is 2.47 bits per heavy atom. The van der Waals surface area contributed by atoms with Crippen molar-refractivity contribution in [2.24, 2.45) is 0 Å². The number of rotatable bonds is 6. The number of amides is 1. The molecule has 2 heterocycles. The van der Waals surface area contributed by atoms with Crippen LogP contribution in [0.15, 0.2) is 54.6 Å². The van der Waals surface area contributed by atoms with Crippen molar-refractivity contribution < 1.29 is 14.3 Å². The molecule has 0 bridgehead atoms. The molecule has 1 aliphatic rings. The number of thiazole rings is 1. The van der Waals surface area contributed by atoms with Crippen LogP contribution in [0, 0.1) is 6.92 Å². The van der Waals surface area contributed by atoms with Gasteiger partial charge in [0.1, 0.15) is 9.88 Å². The fraction of sp³-hybridized carbons (Fsp3) is 0.261. The summed E-state index contributed by atoms with van der Waals surface area (Å²) in [4.78, 5) is 31.8. The molecule has 0 spiro atoms. The van der Waals surface area contributed by atoms with Gasteiger partial charge >= 0.3 is 5.97 Å². The number of aryl methyl sites for hydroxylation is 1. The number of carbonyl (C=O) groups excluding carboxylic acids is 2. The van der Waals surface area contributed by atoms with Crippen molar-refractivity contribution >= 4 is 34.6 Å². The van der Waals surface area contributed by atoms with Gasteiger partial charge in [0.15, 0.2) is 6.61 Å². The molecule has 4 rings (SSSR count). The number of esters is 1. The Kier molecular flexibility index (Phi) is 6.09. The summed E-state index contributed by atoms with van der Waals surface area (Å²) in [5.41, 5.74) is 3.38. The van der Waals surface area contributed by atoms with E-state index in [1.54, 1.807) is 6.92 Å². The first-order valence-corrected chi connectivity index (χ1v) is 10.8. The summed E-state index contributed by atoms with van der Waals surface area (Å²) in [5.74, 6) is -0.908. The molecule has 1 amide bonds. The molecule has 0 saturated carbocycles. The van der Waals surface area contributed by atoms with Crippen LogP contribution >= 0.6 is 11.3 Å². The predicted octanol–water partition coefficient (Wildman–Crippen LogP) is 4.51. The summed E-state index contributed by atoms with van der Waals surface area (Å²) < 4.78 is 5.21. The Bertz CT molecular complexity index is 1030. The molecular formula is C23H23N3O3S. The third-order valence-electron chi connectivity index (χ3n) is 4.96. The van der Waals surface area contributed by atoms with Crippen molar-refractivity contribution in [3.05, 3.63) is 65.2 Å². The number of benzene rings is 2. The maximum atomic E-state index is 12.4. The van der Waals surface area contributed by atoms with Gasteiger partial charge in [-0.2, -0.15) is 0 Å². The SMILES string of the molecule is Cc1nc(-c2ccccc2)sc1C(=O)OCC(=O)Nc1ccc(N2CCCC2)cc1. The van der Waals surface area contributed by atoms with E-state index < -0.39 is 5.97 Å². The van der Waals surface area contributed by atoms with Gasteiger partial charge in [-0.05, 0) is 44.0 Å². The number of aromatic nitrogens is 1. The topological polar surface area (TPSA) is 71.5 Å². The molecule has 1 N–H and O–H groups in total. The fourth-order valence-corrected chi connectivity index (χ4v) is 4.38. The molecule has 1 saturated heterocycles. The lowest BCUT2D eigenvalue weighted by molar-refractivity contribution is -0.119. The molecule has 3 aromatic rings. The molecule has 1 aliphatic heterocycles. The van der Waals surface area contributed by atoms with Crippen molar-refractivity contribution in [1.82, 2.24) is 4.98 Å². The van der Waals surface area contributed by atoms with E-state index >= 15 is 0 Å². The molecule has 6 nitrogen and oxygen atoms in total. The van der Waals surface area contributed by atoms with Crippen molar-refractivity contribution in [1.29, 1.82) is 0 Å². The van der Waals surface area contributed by atoms with Crippen LogP contribution in [0.5, 0.6) is 0 Å². The van der Waals surface area contributed by atoms with Gasteiger partial charge in [0.05, 0.1) is 5.69 Å². The van der Waals surface area contributed by atoms with E-state index in [-0.39, 0.29) is 12.5 Å². The summed E-state index contributed by atoms with van der Waals surface area (Å²) in [6, 6.07) is 17.4. The Hall–Kier alpha value is -3.19. The van der Waals surface area contributed by atoms with Crippen LogP contribution < -0.4 is 10.2 Å². The molecule has 0 radical (unpaired) electrons. The quantitative estimate of drug-likeness (QED) is 0.593. The average molecular weight is 422 g/mol. The minimum absolute atomic E-state index is 0.343. The number of hydrogen-bond donors (Lipinski definition) is 1. The normalized spacial score (nSPS) is 13.3. The molecule has 2 aromatic carbocycles. The molecule has 0 atom stereocenters. The first kappa shape index (κ1) is 20.1. The lowest BCUT2D eigenvalue weighted by atomic mass is 10.2. The van der Waals surface area contributed by atoms with Gasteiger partial charge < -0.3 is 15.0 Å². The van der Waals surface area contributed by atoms with Crippen LogP contribution in [-0.4, -0.2) is 36.6 Å². The fourth-order valence-electron chi connectivity index (χ4n) is 3.41. The average Bonchev–Trinajstić information content (AvgIpc) is 3.43. The van der Waals surface area contributed by atoms with Gasteiger partial charge in [-0.1, -0.05) is 30.3 Å². The van der Waals surface area contributed by atoms with Crippen molar-refractivity contribution in [2.75, 3.05) is 29.9 Å². The summed E-state index contributed by atoms with van der Waals surface area (Å²) >= 11 is 1.27. The Morgan fingerprint density at radius 2 is 1.77 bits per heavy atom. The van der Waals surface area contributed by atoms with Gasteiger partial charge in [0.2, 0.25) is 0 Å². The van der Waals surface area contributed by atoms with E-state index in [2.05, 4.69) is 15.2 Å². The van der Waals surface area contributed by atoms with E-state index in [0.29, 0.717) is 16.3 Å². The van der Waals surface area contributed by atoms with Crippen LogP contribution in [0.3, 0.4) is 0 Å². The van der Waals surface area contributed by atoms with Gasteiger partial charge in [0, 0.05) is 30.0 Å².